The van der Waals surface area contributed by atoms with Gasteiger partial charge in [0, 0.05) is 13.0 Å². The van der Waals surface area contributed by atoms with Crippen LogP contribution < -0.4 is 0 Å². The first-order valence-corrected chi connectivity index (χ1v) is 4.78. The van der Waals surface area contributed by atoms with E-state index in [1.165, 1.54) is 6.42 Å². The van der Waals surface area contributed by atoms with Gasteiger partial charge in [0.1, 0.15) is 12.2 Å². The fourth-order valence-corrected chi connectivity index (χ4v) is 1.57. The molecule has 1 aliphatic rings. The van der Waals surface area contributed by atoms with Gasteiger partial charge in [-0.3, -0.25) is 9.48 Å². The first-order chi connectivity index (χ1) is 6.66. The maximum absolute atomic E-state index is 10.5. The van der Waals surface area contributed by atoms with Crippen LogP contribution in [-0.4, -0.2) is 25.8 Å². The molecular weight excluding hydrogens is 182 g/mol. The molecule has 2 rings (SSSR count). The SMILES string of the molecule is Cn1nc(C2CCC2)nc1CC(=O)O. The third-order valence-electron chi connectivity index (χ3n) is 2.65. The Bertz CT molecular complexity index is 355. The number of aromatic nitrogens is 3. The molecule has 0 bridgehead atoms. The Morgan fingerprint density at radius 2 is 2.36 bits per heavy atom. The third-order valence-corrected chi connectivity index (χ3v) is 2.65. The molecule has 0 spiro atoms. The molecule has 0 saturated heterocycles. The molecule has 0 aromatic carbocycles. The predicted octanol–water partition coefficient (Wildman–Crippen LogP) is 0.710. The Labute approximate surface area is 81.8 Å². The van der Waals surface area contributed by atoms with Crippen LogP contribution in [0.25, 0.3) is 0 Å². The van der Waals surface area contributed by atoms with Gasteiger partial charge >= 0.3 is 5.97 Å². The molecular formula is C9H13N3O2. The molecule has 0 radical (unpaired) electrons. The first kappa shape index (κ1) is 9.18. The topological polar surface area (TPSA) is 68.0 Å². The van der Waals surface area contributed by atoms with Gasteiger partial charge in [0.05, 0.1) is 0 Å². The Morgan fingerprint density at radius 1 is 1.64 bits per heavy atom. The lowest BCUT2D eigenvalue weighted by Gasteiger charge is -2.21. The van der Waals surface area contributed by atoms with Gasteiger partial charge in [0.25, 0.3) is 0 Å². The number of hydrogen-bond donors (Lipinski definition) is 1. The normalized spacial score (nSPS) is 16.6. The number of aliphatic carboxylic acids is 1. The van der Waals surface area contributed by atoms with Crippen molar-refractivity contribution in [3.05, 3.63) is 11.6 Å². The van der Waals surface area contributed by atoms with Crippen LogP contribution in [0.1, 0.15) is 36.8 Å². The van der Waals surface area contributed by atoms with Crippen molar-refractivity contribution in [3.63, 3.8) is 0 Å². The van der Waals surface area contributed by atoms with E-state index in [1.807, 2.05) is 0 Å². The molecule has 5 nitrogen and oxygen atoms in total. The molecule has 1 aliphatic carbocycles. The van der Waals surface area contributed by atoms with Crippen molar-refractivity contribution in [1.29, 1.82) is 0 Å². The first-order valence-electron chi connectivity index (χ1n) is 4.78. The van der Waals surface area contributed by atoms with Crippen LogP contribution in [0, 0.1) is 0 Å². The van der Waals surface area contributed by atoms with Crippen LogP contribution >= 0.6 is 0 Å². The minimum Gasteiger partial charge on any atom is -0.481 e. The van der Waals surface area contributed by atoms with E-state index in [0.717, 1.165) is 18.7 Å². The lowest BCUT2D eigenvalue weighted by atomic mass is 9.85. The summed E-state index contributed by atoms with van der Waals surface area (Å²) in [7, 11) is 1.74. The fourth-order valence-electron chi connectivity index (χ4n) is 1.57. The predicted molar refractivity (Wildman–Crippen MR) is 48.9 cm³/mol. The van der Waals surface area contributed by atoms with Gasteiger partial charge in [-0.15, -0.1) is 0 Å². The van der Waals surface area contributed by atoms with Gasteiger partial charge in [-0.05, 0) is 12.8 Å². The van der Waals surface area contributed by atoms with Crippen LogP contribution in [0.5, 0.6) is 0 Å². The molecule has 0 aliphatic heterocycles. The van der Waals surface area contributed by atoms with Crippen molar-refractivity contribution in [1.82, 2.24) is 14.8 Å². The van der Waals surface area contributed by atoms with Crippen molar-refractivity contribution >= 4 is 5.97 Å². The van der Waals surface area contributed by atoms with Crippen molar-refractivity contribution in [2.75, 3.05) is 0 Å². The van der Waals surface area contributed by atoms with E-state index in [1.54, 1.807) is 11.7 Å². The largest absolute Gasteiger partial charge is 0.481 e. The summed E-state index contributed by atoms with van der Waals surface area (Å²) in [6, 6.07) is 0. The third kappa shape index (κ3) is 1.62. The summed E-state index contributed by atoms with van der Waals surface area (Å²) in [5.74, 6) is 0.957. The second-order valence-corrected chi connectivity index (χ2v) is 3.71. The number of carboxylic acid groups (broad SMARTS) is 1. The molecule has 5 heteroatoms. The number of nitrogens with zero attached hydrogens (tertiary/aromatic N) is 3. The van der Waals surface area contributed by atoms with E-state index in [9.17, 15) is 4.79 Å². The van der Waals surface area contributed by atoms with E-state index in [4.69, 9.17) is 5.11 Å². The molecule has 0 unspecified atom stereocenters. The zero-order valence-electron chi connectivity index (χ0n) is 8.10. The van der Waals surface area contributed by atoms with Crippen molar-refractivity contribution in [2.45, 2.75) is 31.6 Å². The second-order valence-electron chi connectivity index (χ2n) is 3.71. The van der Waals surface area contributed by atoms with Gasteiger partial charge in [-0.1, -0.05) is 6.42 Å². The molecule has 76 valence electrons. The van der Waals surface area contributed by atoms with Gasteiger partial charge in [-0.25, -0.2) is 4.98 Å². The Kier molecular flexibility index (Phi) is 2.23. The van der Waals surface area contributed by atoms with E-state index in [2.05, 4.69) is 10.1 Å². The van der Waals surface area contributed by atoms with Gasteiger partial charge < -0.3 is 5.11 Å². The zero-order chi connectivity index (χ0) is 10.1. The van der Waals surface area contributed by atoms with Crippen molar-refractivity contribution < 1.29 is 9.90 Å². The van der Waals surface area contributed by atoms with Crippen LogP contribution in [0.15, 0.2) is 0 Å². The van der Waals surface area contributed by atoms with E-state index < -0.39 is 5.97 Å². The highest BCUT2D eigenvalue weighted by molar-refractivity contribution is 5.68. The molecule has 0 amide bonds. The highest BCUT2D eigenvalue weighted by atomic mass is 16.4. The zero-order valence-corrected chi connectivity index (χ0v) is 8.10. The smallest absolute Gasteiger partial charge is 0.311 e. The maximum Gasteiger partial charge on any atom is 0.311 e. The van der Waals surface area contributed by atoms with E-state index in [0.29, 0.717) is 11.7 Å². The summed E-state index contributed by atoms with van der Waals surface area (Å²) >= 11 is 0. The minimum absolute atomic E-state index is 0.0454. The minimum atomic E-state index is -0.861. The standard InChI is InChI=1S/C9H13N3O2/c1-12-7(5-8(13)14)10-9(11-12)6-3-2-4-6/h6H,2-5H2,1H3,(H,13,14). The van der Waals surface area contributed by atoms with Crippen LogP contribution in [0.4, 0.5) is 0 Å². The molecule has 1 heterocycles. The molecule has 1 saturated carbocycles. The Balaban J connectivity index is 2.16. The van der Waals surface area contributed by atoms with E-state index >= 15 is 0 Å². The quantitative estimate of drug-likeness (QED) is 0.771. The van der Waals surface area contributed by atoms with Gasteiger partial charge in [0.15, 0.2) is 5.82 Å². The summed E-state index contributed by atoms with van der Waals surface area (Å²) in [5, 5.41) is 12.9. The Hall–Kier alpha value is -1.39. The van der Waals surface area contributed by atoms with Crippen molar-refractivity contribution in [2.24, 2.45) is 7.05 Å². The van der Waals surface area contributed by atoms with Crippen LogP contribution in [-0.2, 0) is 18.3 Å². The summed E-state index contributed by atoms with van der Waals surface area (Å²) < 4.78 is 1.57. The van der Waals surface area contributed by atoms with Crippen LogP contribution in [0.2, 0.25) is 0 Å². The lowest BCUT2D eigenvalue weighted by molar-refractivity contribution is -0.136. The number of hydrogen-bond acceptors (Lipinski definition) is 3. The highest BCUT2D eigenvalue weighted by Gasteiger charge is 2.24. The number of rotatable bonds is 3. The number of aryl methyl sites for hydroxylation is 1. The number of carboxylic acids is 1. The molecule has 1 aromatic rings. The molecule has 1 fully saturated rings. The highest BCUT2D eigenvalue weighted by Crippen LogP contribution is 2.34. The summed E-state index contributed by atoms with van der Waals surface area (Å²) in [6.45, 7) is 0. The Morgan fingerprint density at radius 3 is 2.86 bits per heavy atom. The fraction of sp³-hybridized carbons (Fsp3) is 0.667. The van der Waals surface area contributed by atoms with Crippen LogP contribution in [0.3, 0.4) is 0 Å². The average molecular weight is 195 g/mol. The second kappa shape index (κ2) is 3.40. The molecule has 14 heavy (non-hydrogen) atoms. The maximum atomic E-state index is 10.5. The molecule has 1 aromatic heterocycles. The van der Waals surface area contributed by atoms with E-state index in [-0.39, 0.29) is 6.42 Å². The van der Waals surface area contributed by atoms with Gasteiger partial charge in [-0.2, -0.15) is 5.10 Å². The summed E-state index contributed by atoms with van der Waals surface area (Å²) in [6.07, 6.45) is 3.46. The number of carbonyl (C=O) groups is 1. The molecule has 1 N–H and O–H groups in total. The van der Waals surface area contributed by atoms with Crippen molar-refractivity contribution in [3.8, 4) is 0 Å². The summed E-state index contributed by atoms with van der Waals surface area (Å²) in [4.78, 5) is 14.7. The van der Waals surface area contributed by atoms with Gasteiger partial charge in [0.2, 0.25) is 0 Å². The summed E-state index contributed by atoms with van der Waals surface area (Å²) in [5.41, 5.74) is 0. The lowest BCUT2D eigenvalue weighted by Crippen LogP contribution is -2.10. The molecule has 0 atom stereocenters. The monoisotopic (exact) mass is 195 g/mol. The average Bonchev–Trinajstić information content (AvgIpc) is 2.27.